The molecule has 0 saturated heterocycles. The van der Waals surface area contributed by atoms with Gasteiger partial charge in [0.05, 0.1) is 18.8 Å². The van der Waals surface area contributed by atoms with E-state index in [0.717, 1.165) is 18.0 Å². The molecule has 0 saturated carbocycles. The summed E-state index contributed by atoms with van der Waals surface area (Å²) in [7, 11) is 1.71. The molecule has 20 heavy (non-hydrogen) atoms. The van der Waals surface area contributed by atoms with Crippen molar-refractivity contribution in [3.05, 3.63) is 59.2 Å². The van der Waals surface area contributed by atoms with E-state index in [1.807, 2.05) is 18.2 Å². The number of nitrogens with zero attached hydrogens (tertiary/aromatic N) is 1. The summed E-state index contributed by atoms with van der Waals surface area (Å²) in [6.07, 6.45) is 0. The van der Waals surface area contributed by atoms with Crippen molar-refractivity contribution in [2.75, 3.05) is 18.6 Å². The van der Waals surface area contributed by atoms with Crippen molar-refractivity contribution in [3.63, 3.8) is 0 Å². The van der Waals surface area contributed by atoms with Gasteiger partial charge in [-0.05, 0) is 35.7 Å². The number of rotatable bonds is 3. The Hall–Kier alpha value is -2.00. The SMILES string of the molecule is COc1ccccc1N1Cc2c(C)cccc2C1CN. The van der Waals surface area contributed by atoms with Crippen molar-refractivity contribution in [3.8, 4) is 5.75 Å². The maximum atomic E-state index is 6.04. The van der Waals surface area contributed by atoms with Gasteiger partial charge in [0, 0.05) is 13.1 Å². The monoisotopic (exact) mass is 268 g/mol. The molecule has 0 radical (unpaired) electrons. The van der Waals surface area contributed by atoms with Crippen molar-refractivity contribution < 1.29 is 4.74 Å². The highest BCUT2D eigenvalue weighted by Gasteiger charge is 2.31. The van der Waals surface area contributed by atoms with Gasteiger partial charge in [0.15, 0.2) is 0 Å². The van der Waals surface area contributed by atoms with Crippen molar-refractivity contribution in [1.82, 2.24) is 0 Å². The molecule has 1 aliphatic heterocycles. The van der Waals surface area contributed by atoms with Gasteiger partial charge in [0.25, 0.3) is 0 Å². The maximum absolute atomic E-state index is 6.04. The number of para-hydroxylation sites is 2. The first-order chi connectivity index (χ1) is 9.76. The second-order valence-electron chi connectivity index (χ2n) is 5.19. The summed E-state index contributed by atoms with van der Waals surface area (Å²) in [6.45, 7) is 3.66. The third-order valence-corrected chi connectivity index (χ3v) is 4.13. The predicted octanol–water partition coefficient (Wildman–Crippen LogP) is 3.02. The van der Waals surface area contributed by atoms with Crippen LogP contribution in [-0.4, -0.2) is 13.7 Å². The molecule has 3 nitrogen and oxygen atoms in total. The highest BCUT2D eigenvalue weighted by Crippen LogP contribution is 2.41. The second kappa shape index (κ2) is 5.17. The van der Waals surface area contributed by atoms with Crippen LogP contribution in [0.4, 0.5) is 5.69 Å². The predicted molar refractivity (Wildman–Crippen MR) is 82.2 cm³/mol. The number of hydrogen-bond acceptors (Lipinski definition) is 3. The summed E-state index contributed by atoms with van der Waals surface area (Å²) in [5.41, 5.74) is 11.2. The molecular formula is C17H20N2O. The third kappa shape index (κ3) is 1.95. The Morgan fingerprint density at radius 1 is 1.20 bits per heavy atom. The number of anilines is 1. The third-order valence-electron chi connectivity index (χ3n) is 4.13. The van der Waals surface area contributed by atoms with Gasteiger partial charge in [-0.2, -0.15) is 0 Å². The van der Waals surface area contributed by atoms with Crippen LogP contribution in [0, 0.1) is 6.92 Å². The number of hydrogen-bond donors (Lipinski definition) is 1. The van der Waals surface area contributed by atoms with E-state index in [-0.39, 0.29) is 6.04 Å². The van der Waals surface area contributed by atoms with Crippen molar-refractivity contribution in [2.45, 2.75) is 19.5 Å². The molecule has 0 aromatic heterocycles. The lowest BCUT2D eigenvalue weighted by molar-refractivity contribution is 0.413. The molecule has 2 aromatic carbocycles. The lowest BCUT2D eigenvalue weighted by Crippen LogP contribution is -2.28. The van der Waals surface area contributed by atoms with E-state index in [1.165, 1.54) is 16.7 Å². The van der Waals surface area contributed by atoms with Gasteiger partial charge in [-0.3, -0.25) is 0 Å². The molecule has 1 heterocycles. The minimum atomic E-state index is 0.223. The van der Waals surface area contributed by atoms with Crippen LogP contribution in [0.2, 0.25) is 0 Å². The zero-order valence-corrected chi connectivity index (χ0v) is 12.0. The highest BCUT2D eigenvalue weighted by atomic mass is 16.5. The maximum Gasteiger partial charge on any atom is 0.142 e. The Labute approximate surface area is 120 Å². The van der Waals surface area contributed by atoms with Crippen LogP contribution in [0.25, 0.3) is 0 Å². The molecule has 2 N–H and O–H groups in total. The van der Waals surface area contributed by atoms with Crippen LogP contribution in [0.15, 0.2) is 42.5 Å². The molecule has 0 aliphatic carbocycles. The lowest BCUT2D eigenvalue weighted by atomic mass is 10.0. The van der Waals surface area contributed by atoms with Crippen LogP contribution in [0.3, 0.4) is 0 Å². The van der Waals surface area contributed by atoms with E-state index in [2.05, 4.69) is 36.1 Å². The van der Waals surface area contributed by atoms with Gasteiger partial charge in [-0.1, -0.05) is 30.3 Å². The van der Waals surface area contributed by atoms with Crippen LogP contribution >= 0.6 is 0 Å². The second-order valence-corrected chi connectivity index (χ2v) is 5.19. The van der Waals surface area contributed by atoms with E-state index in [1.54, 1.807) is 7.11 Å². The molecule has 0 bridgehead atoms. The number of benzene rings is 2. The smallest absolute Gasteiger partial charge is 0.142 e. The molecule has 3 heteroatoms. The Bertz CT molecular complexity index is 624. The molecule has 1 aliphatic rings. The molecule has 0 spiro atoms. The molecular weight excluding hydrogens is 248 g/mol. The average molecular weight is 268 g/mol. The first-order valence-electron chi connectivity index (χ1n) is 6.94. The minimum absolute atomic E-state index is 0.223. The lowest BCUT2D eigenvalue weighted by Gasteiger charge is -2.27. The van der Waals surface area contributed by atoms with Gasteiger partial charge in [-0.25, -0.2) is 0 Å². The summed E-state index contributed by atoms with van der Waals surface area (Å²) < 4.78 is 5.50. The van der Waals surface area contributed by atoms with Crippen LogP contribution in [0.1, 0.15) is 22.7 Å². The standard InChI is InChI=1S/C17H20N2O/c1-12-6-5-7-13-14(12)11-19(16(13)10-18)15-8-3-4-9-17(15)20-2/h3-9,16H,10-11,18H2,1-2H3. The van der Waals surface area contributed by atoms with Gasteiger partial charge < -0.3 is 15.4 Å². The normalized spacial score (nSPS) is 17.1. The molecule has 104 valence electrons. The highest BCUT2D eigenvalue weighted by molar-refractivity contribution is 5.63. The van der Waals surface area contributed by atoms with E-state index in [4.69, 9.17) is 10.5 Å². The number of methoxy groups -OCH3 is 1. The van der Waals surface area contributed by atoms with Crippen LogP contribution < -0.4 is 15.4 Å². The van der Waals surface area contributed by atoms with Gasteiger partial charge in [0.2, 0.25) is 0 Å². The number of nitrogens with two attached hydrogens (primary N) is 1. The van der Waals surface area contributed by atoms with Gasteiger partial charge in [-0.15, -0.1) is 0 Å². The van der Waals surface area contributed by atoms with E-state index in [0.29, 0.717) is 6.54 Å². The Morgan fingerprint density at radius 3 is 2.75 bits per heavy atom. The largest absolute Gasteiger partial charge is 0.495 e. The van der Waals surface area contributed by atoms with Gasteiger partial charge in [0.1, 0.15) is 5.75 Å². The molecule has 2 aromatic rings. The minimum Gasteiger partial charge on any atom is -0.495 e. The van der Waals surface area contributed by atoms with Crippen molar-refractivity contribution >= 4 is 5.69 Å². The summed E-state index contributed by atoms with van der Waals surface area (Å²) in [4.78, 5) is 2.34. The summed E-state index contributed by atoms with van der Waals surface area (Å²) in [6, 6.07) is 14.8. The molecule has 1 unspecified atom stereocenters. The molecule has 0 amide bonds. The fourth-order valence-electron chi connectivity index (χ4n) is 3.08. The molecule has 1 atom stereocenters. The number of fused-ring (bicyclic) bond motifs is 1. The fraction of sp³-hybridized carbons (Fsp3) is 0.294. The zero-order chi connectivity index (χ0) is 14.1. The Balaban J connectivity index is 2.07. The fourth-order valence-corrected chi connectivity index (χ4v) is 3.08. The summed E-state index contributed by atoms with van der Waals surface area (Å²) in [5, 5.41) is 0. The van der Waals surface area contributed by atoms with E-state index >= 15 is 0 Å². The topological polar surface area (TPSA) is 38.5 Å². The summed E-state index contributed by atoms with van der Waals surface area (Å²) in [5.74, 6) is 0.899. The average Bonchev–Trinajstić information content (AvgIpc) is 2.87. The quantitative estimate of drug-likeness (QED) is 0.930. The van der Waals surface area contributed by atoms with Crippen LogP contribution in [0.5, 0.6) is 5.75 Å². The molecule has 0 fully saturated rings. The van der Waals surface area contributed by atoms with Crippen molar-refractivity contribution in [1.29, 1.82) is 0 Å². The Morgan fingerprint density at radius 2 is 2.00 bits per heavy atom. The first kappa shape index (κ1) is 13.0. The Kier molecular flexibility index (Phi) is 3.36. The van der Waals surface area contributed by atoms with Gasteiger partial charge >= 0.3 is 0 Å². The van der Waals surface area contributed by atoms with Crippen LogP contribution in [-0.2, 0) is 6.54 Å². The number of ether oxygens (including phenoxy) is 1. The van der Waals surface area contributed by atoms with E-state index in [9.17, 15) is 0 Å². The van der Waals surface area contributed by atoms with E-state index < -0.39 is 0 Å². The van der Waals surface area contributed by atoms with Crippen molar-refractivity contribution in [2.24, 2.45) is 5.73 Å². The first-order valence-corrected chi connectivity index (χ1v) is 6.94. The molecule has 3 rings (SSSR count). The number of aryl methyl sites for hydroxylation is 1. The zero-order valence-electron chi connectivity index (χ0n) is 12.0. The summed E-state index contributed by atoms with van der Waals surface area (Å²) >= 11 is 0.